The summed E-state index contributed by atoms with van der Waals surface area (Å²) in [5, 5.41) is 0.548. The smallest absolute Gasteiger partial charge is 0.262 e. The molecule has 0 N–H and O–H groups in total. The van der Waals surface area contributed by atoms with Crippen LogP contribution in [-0.2, 0) is 4.79 Å². The zero-order valence-corrected chi connectivity index (χ0v) is 18.9. The third-order valence-corrected chi connectivity index (χ3v) is 6.35. The molecule has 0 aliphatic carbocycles. The van der Waals surface area contributed by atoms with Crippen LogP contribution in [0.2, 0.25) is 0 Å². The van der Waals surface area contributed by atoms with Gasteiger partial charge in [0, 0.05) is 17.6 Å². The van der Waals surface area contributed by atoms with Gasteiger partial charge in [-0.2, -0.15) is 0 Å². The molecule has 1 aromatic heterocycles. The molecule has 3 amide bonds. The summed E-state index contributed by atoms with van der Waals surface area (Å²) in [6.07, 6.45) is 0. The van der Waals surface area contributed by atoms with Crippen molar-refractivity contribution in [2.45, 2.75) is 0 Å². The molecule has 3 aromatic rings. The third kappa shape index (κ3) is 3.88. The van der Waals surface area contributed by atoms with Crippen LogP contribution in [-0.4, -0.2) is 66.2 Å². The van der Waals surface area contributed by atoms with Gasteiger partial charge in [0.15, 0.2) is 5.13 Å². The highest BCUT2D eigenvalue weighted by Crippen LogP contribution is 2.31. The Morgan fingerprint density at radius 3 is 2.37 bits per heavy atom. The van der Waals surface area contributed by atoms with Crippen molar-refractivity contribution in [2.75, 3.05) is 38.6 Å². The van der Waals surface area contributed by atoms with Gasteiger partial charge in [-0.3, -0.25) is 24.2 Å². The molecule has 0 saturated heterocycles. The van der Waals surface area contributed by atoms with Gasteiger partial charge in [-0.05, 0) is 44.4 Å². The summed E-state index contributed by atoms with van der Waals surface area (Å²) in [4.78, 5) is 47.7. The van der Waals surface area contributed by atoms with Crippen molar-refractivity contribution in [1.82, 2.24) is 14.8 Å². The number of carbonyl (C=O) groups is 3. The first-order valence-electron chi connectivity index (χ1n) is 9.31. The van der Waals surface area contributed by atoms with E-state index in [-0.39, 0.29) is 12.5 Å². The van der Waals surface area contributed by atoms with Crippen molar-refractivity contribution in [3.05, 3.63) is 58.1 Å². The van der Waals surface area contributed by atoms with Crippen molar-refractivity contribution < 1.29 is 14.4 Å². The Labute approximate surface area is 186 Å². The summed E-state index contributed by atoms with van der Waals surface area (Å²) in [6.45, 7) is 0.697. The number of aromatic nitrogens is 1. The minimum Gasteiger partial charge on any atom is -0.308 e. The lowest BCUT2D eigenvalue weighted by molar-refractivity contribution is -0.119. The number of fused-ring (bicyclic) bond motifs is 2. The second-order valence-corrected chi connectivity index (χ2v) is 9.12. The summed E-state index contributed by atoms with van der Waals surface area (Å²) < 4.78 is 1.88. The van der Waals surface area contributed by atoms with Gasteiger partial charge >= 0.3 is 0 Å². The van der Waals surface area contributed by atoms with E-state index in [0.717, 1.165) is 19.6 Å². The summed E-state index contributed by atoms with van der Waals surface area (Å²) in [5.74, 6) is -1.22. The van der Waals surface area contributed by atoms with E-state index in [4.69, 9.17) is 0 Å². The lowest BCUT2D eigenvalue weighted by atomic mass is 10.1. The first-order valence-corrected chi connectivity index (χ1v) is 10.9. The number of thiazole rings is 1. The molecule has 30 heavy (non-hydrogen) atoms. The topological polar surface area (TPSA) is 73.8 Å². The fourth-order valence-electron chi connectivity index (χ4n) is 3.23. The molecule has 7 nitrogen and oxygen atoms in total. The van der Waals surface area contributed by atoms with Crippen molar-refractivity contribution in [3.63, 3.8) is 0 Å². The SMILES string of the molecule is CN(C)CCN(C(=O)CN1C(=O)c2ccccc2C1=O)c1nc2ccc(Br)cc2s1. The number of amides is 3. The van der Waals surface area contributed by atoms with E-state index in [0.29, 0.717) is 29.3 Å². The zero-order chi connectivity index (χ0) is 21.4. The summed E-state index contributed by atoms with van der Waals surface area (Å²) in [5.41, 5.74) is 1.46. The van der Waals surface area contributed by atoms with E-state index in [9.17, 15) is 14.4 Å². The molecule has 0 atom stereocenters. The minimum atomic E-state index is -0.440. The fraction of sp³-hybridized carbons (Fsp3) is 0.238. The van der Waals surface area contributed by atoms with E-state index in [1.807, 2.05) is 37.2 Å². The Kier molecular flexibility index (Phi) is 5.68. The van der Waals surface area contributed by atoms with Crippen LogP contribution in [0.5, 0.6) is 0 Å². The van der Waals surface area contributed by atoms with Gasteiger partial charge in [-0.15, -0.1) is 0 Å². The predicted molar refractivity (Wildman–Crippen MR) is 120 cm³/mol. The Morgan fingerprint density at radius 2 is 1.73 bits per heavy atom. The molecule has 0 bridgehead atoms. The number of hydrogen-bond donors (Lipinski definition) is 0. The van der Waals surface area contributed by atoms with Crippen molar-refractivity contribution in [2.24, 2.45) is 0 Å². The highest BCUT2D eigenvalue weighted by molar-refractivity contribution is 9.10. The van der Waals surface area contributed by atoms with Gasteiger partial charge in [0.05, 0.1) is 21.3 Å². The molecule has 2 heterocycles. The molecular formula is C21H19BrN4O3S. The molecule has 0 spiro atoms. The average Bonchev–Trinajstić information content (AvgIpc) is 3.22. The van der Waals surface area contributed by atoms with Gasteiger partial charge in [0.2, 0.25) is 5.91 Å². The van der Waals surface area contributed by atoms with Crippen LogP contribution in [0.1, 0.15) is 20.7 Å². The molecule has 2 aromatic carbocycles. The van der Waals surface area contributed by atoms with E-state index < -0.39 is 11.8 Å². The monoisotopic (exact) mass is 486 g/mol. The van der Waals surface area contributed by atoms with Crippen LogP contribution >= 0.6 is 27.3 Å². The first kappa shape index (κ1) is 20.6. The highest BCUT2D eigenvalue weighted by atomic mass is 79.9. The number of hydrogen-bond acceptors (Lipinski definition) is 6. The van der Waals surface area contributed by atoms with Crippen LogP contribution in [0.25, 0.3) is 10.2 Å². The largest absolute Gasteiger partial charge is 0.308 e. The summed E-state index contributed by atoms with van der Waals surface area (Å²) >= 11 is 4.86. The van der Waals surface area contributed by atoms with Gasteiger partial charge < -0.3 is 4.90 Å². The Hall–Kier alpha value is -2.62. The quantitative estimate of drug-likeness (QED) is 0.500. The maximum absolute atomic E-state index is 13.2. The molecule has 0 unspecified atom stereocenters. The van der Waals surface area contributed by atoms with Gasteiger partial charge in [-0.25, -0.2) is 4.98 Å². The molecule has 154 valence electrons. The Bertz CT molecular complexity index is 1130. The third-order valence-electron chi connectivity index (χ3n) is 4.81. The maximum Gasteiger partial charge on any atom is 0.262 e. The number of likely N-dealkylation sites (N-methyl/N-ethyl adjacent to an activating group) is 1. The van der Waals surface area contributed by atoms with Crippen molar-refractivity contribution in [3.8, 4) is 0 Å². The van der Waals surface area contributed by atoms with E-state index in [2.05, 4.69) is 20.9 Å². The van der Waals surface area contributed by atoms with E-state index >= 15 is 0 Å². The molecule has 4 rings (SSSR count). The van der Waals surface area contributed by atoms with Crippen LogP contribution in [0, 0.1) is 0 Å². The number of rotatable bonds is 6. The Morgan fingerprint density at radius 1 is 1.07 bits per heavy atom. The lowest BCUT2D eigenvalue weighted by Gasteiger charge is -2.24. The second kappa shape index (κ2) is 8.25. The maximum atomic E-state index is 13.2. The number of halogens is 1. The number of imide groups is 1. The van der Waals surface area contributed by atoms with Crippen LogP contribution in [0.4, 0.5) is 5.13 Å². The molecule has 9 heteroatoms. The molecule has 0 fully saturated rings. The molecule has 1 aliphatic rings. The normalized spacial score (nSPS) is 13.4. The van der Waals surface area contributed by atoms with Gasteiger partial charge in [0.1, 0.15) is 6.54 Å². The van der Waals surface area contributed by atoms with E-state index in [1.165, 1.54) is 11.3 Å². The lowest BCUT2D eigenvalue weighted by Crippen LogP contribution is -2.45. The van der Waals surface area contributed by atoms with Crippen molar-refractivity contribution in [1.29, 1.82) is 0 Å². The van der Waals surface area contributed by atoms with Crippen LogP contribution in [0.3, 0.4) is 0 Å². The van der Waals surface area contributed by atoms with Crippen molar-refractivity contribution >= 4 is 60.3 Å². The predicted octanol–water partition coefficient (Wildman–Crippen LogP) is 3.25. The molecular weight excluding hydrogens is 468 g/mol. The fourth-order valence-corrected chi connectivity index (χ4v) is 4.79. The van der Waals surface area contributed by atoms with E-state index in [1.54, 1.807) is 29.2 Å². The molecule has 0 radical (unpaired) electrons. The summed E-state index contributed by atoms with van der Waals surface area (Å²) in [7, 11) is 3.84. The number of nitrogens with zero attached hydrogens (tertiary/aromatic N) is 4. The first-order chi connectivity index (χ1) is 14.3. The van der Waals surface area contributed by atoms with Gasteiger partial charge in [-0.1, -0.05) is 39.4 Å². The number of carbonyl (C=O) groups excluding carboxylic acids is 3. The standard InChI is InChI=1S/C21H19BrN4O3S/c1-24(2)9-10-25(21-23-16-8-7-13(22)11-17(16)30-21)18(27)12-26-19(28)14-5-3-4-6-15(14)20(26)29/h3-8,11H,9-10,12H2,1-2H3. The zero-order valence-electron chi connectivity index (χ0n) is 16.5. The Balaban J connectivity index is 1.61. The molecule has 1 aliphatic heterocycles. The minimum absolute atomic E-state index is 0.320. The number of benzene rings is 2. The van der Waals surface area contributed by atoms with Gasteiger partial charge in [0.25, 0.3) is 11.8 Å². The number of anilines is 1. The highest BCUT2D eigenvalue weighted by Gasteiger charge is 2.37. The van der Waals surface area contributed by atoms with Crippen LogP contribution < -0.4 is 4.90 Å². The molecule has 0 saturated carbocycles. The average molecular weight is 487 g/mol. The second-order valence-electron chi connectivity index (χ2n) is 7.20. The van der Waals surface area contributed by atoms with Crippen LogP contribution in [0.15, 0.2) is 46.9 Å². The summed E-state index contributed by atoms with van der Waals surface area (Å²) in [6, 6.07) is 12.4.